The Morgan fingerprint density at radius 2 is 1.61 bits per heavy atom. The number of fused-ring (bicyclic) bond motifs is 1. The van der Waals surface area contributed by atoms with Crippen LogP contribution in [0.3, 0.4) is 0 Å². The van der Waals surface area contributed by atoms with Crippen molar-refractivity contribution in [3.63, 3.8) is 0 Å². The highest BCUT2D eigenvalue weighted by molar-refractivity contribution is 5.96. The van der Waals surface area contributed by atoms with Crippen LogP contribution in [0.4, 0.5) is 0 Å². The molecule has 0 atom stereocenters. The quantitative estimate of drug-likeness (QED) is 0.783. The van der Waals surface area contributed by atoms with E-state index in [1.807, 2.05) is 48.5 Å². The van der Waals surface area contributed by atoms with E-state index in [-0.39, 0.29) is 5.78 Å². The summed E-state index contributed by atoms with van der Waals surface area (Å²) in [5.74, 6) is 1.57. The molecule has 0 fully saturated rings. The number of ether oxygens (including phenoxy) is 2. The molecule has 0 spiro atoms. The van der Waals surface area contributed by atoms with Gasteiger partial charge in [-0.2, -0.15) is 0 Å². The molecule has 1 aliphatic heterocycles. The highest BCUT2D eigenvalue weighted by Gasteiger charge is 2.13. The van der Waals surface area contributed by atoms with Crippen LogP contribution in [0.25, 0.3) is 0 Å². The summed E-state index contributed by atoms with van der Waals surface area (Å²) in [7, 11) is 0. The van der Waals surface area contributed by atoms with Crippen LogP contribution < -0.4 is 9.47 Å². The van der Waals surface area contributed by atoms with Crippen molar-refractivity contribution in [3.05, 3.63) is 59.7 Å². The van der Waals surface area contributed by atoms with Crippen LogP contribution in [0.15, 0.2) is 48.5 Å². The fourth-order valence-corrected chi connectivity index (χ4v) is 2.71. The van der Waals surface area contributed by atoms with Crippen LogP contribution in [0.5, 0.6) is 11.5 Å². The topological polar surface area (TPSA) is 35.5 Å². The van der Waals surface area contributed by atoms with Crippen molar-refractivity contribution in [1.29, 1.82) is 0 Å². The van der Waals surface area contributed by atoms with Gasteiger partial charge < -0.3 is 9.47 Å². The van der Waals surface area contributed by atoms with E-state index < -0.39 is 0 Å². The van der Waals surface area contributed by atoms with Crippen LogP contribution in [0.1, 0.15) is 41.6 Å². The van der Waals surface area contributed by atoms with E-state index in [0.717, 1.165) is 31.4 Å². The zero-order valence-corrected chi connectivity index (χ0v) is 13.3. The van der Waals surface area contributed by atoms with Crippen LogP contribution in [-0.2, 0) is 6.42 Å². The van der Waals surface area contributed by atoms with Gasteiger partial charge in [-0.3, -0.25) is 4.79 Å². The lowest BCUT2D eigenvalue weighted by Gasteiger charge is -2.12. The van der Waals surface area contributed by atoms with Gasteiger partial charge >= 0.3 is 0 Å². The fraction of sp³-hybridized carbons (Fsp3) is 0.350. The summed E-state index contributed by atoms with van der Waals surface area (Å²) < 4.78 is 11.5. The molecule has 0 saturated heterocycles. The Bertz CT molecular complexity index is 649. The van der Waals surface area contributed by atoms with Crippen molar-refractivity contribution in [2.45, 2.75) is 32.1 Å². The first-order chi connectivity index (χ1) is 11.3. The van der Waals surface area contributed by atoms with E-state index in [1.165, 1.54) is 5.56 Å². The zero-order valence-electron chi connectivity index (χ0n) is 13.3. The molecule has 3 heteroatoms. The van der Waals surface area contributed by atoms with Crippen LogP contribution in [0.2, 0.25) is 0 Å². The smallest absolute Gasteiger partial charge is 0.163 e. The Kier molecular flexibility index (Phi) is 5.30. The SMILES string of the molecule is O=C(CCc1ccccc1)c1ccc2c(c1)OCCCCCO2. The van der Waals surface area contributed by atoms with Crippen LogP contribution >= 0.6 is 0 Å². The third kappa shape index (κ3) is 4.35. The molecule has 0 radical (unpaired) electrons. The van der Waals surface area contributed by atoms with Gasteiger partial charge in [-0.15, -0.1) is 0 Å². The number of hydrogen-bond donors (Lipinski definition) is 0. The minimum atomic E-state index is 0.139. The molecule has 0 amide bonds. The summed E-state index contributed by atoms with van der Waals surface area (Å²) in [6.45, 7) is 1.38. The average Bonchev–Trinajstić information content (AvgIpc) is 2.71. The van der Waals surface area contributed by atoms with Gasteiger partial charge in [0.1, 0.15) is 0 Å². The number of rotatable bonds is 4. The first-order valence-electron chi connectivity index (χ1n) is 8.30. The number of carbonyl (C=O) groups is 1. The minimum Gasteiger partial charge on any atom is -0.490 e. The van der Waals surface area contributed by atoms with Crippen molar-refractivity contribution in [2.24, 2.45) is 0 Å². The Morgan fingerprint density at radius 1 is 0.870 bits per heavy atom. The molecule has 3 nitrogen and oxygen atoms in total. The molecule has 0 aromatic heterocycles. The van der Waals surface area contributed by atoms with Crippen molar-refractivity contribution < 1.29 is 14.3 Å². The third-order valence-corrected chi connectivity index (χ3v) is 4.05. The van der Waals surface area contributed by atoms with Crippen molar-refractivity contribution in [1.82, 2.24) is 0 Å². The van der Waals surface area contributed by atoms with Gasteiger partial charge in [0.05, 0.1) is 13.2 Å². The lowest BCUT2D eigenvalue weighted by atomic mass is 10.0. The summed E-state index contributed by atoms with van der Waals surface area (Å²) in [6.07, 6.45) is 4.43. The first-order valence-corrected chi connectivity index (χ1v) is 8.30. The average molecular weight is 310 g/mol. The summed E-state index contributed by atoms with van der Waals surface area (Å²) in [4.78, 5) is 12.4. The number of aryl methyl sites for hydroxylation is 1. The predicted molar refractivity (Wildman–Crippen MR) is 90.4 cm³/mol. The van der Waals surface area contributed by atoms with Gasteiger partial charge in [0.2, 0.25) is 0 Å². The Hall–Kier alpha value is -2.29. The minimum absolute atomic E-state index is 0.139. The maximum Gasteiger partial charge on any atom is 0.163 e. The molecule has 0 unspecified atom stereocenters. The second kappa shape index (κ2) is 7.82. The third-order valence-electron chi connectivity index (χ3n) is 4.05. The van der Waals surface area contributed by atoms with Crippen LogP contribution in [0, 0.1) is 0 Å². The molecule has 120 valence electrons. The Morgan fingerprint density at radius 3 is 2.39 bits per heavy atom. The van der Waals surface area contributed by atoms with Crippen molar-refractivity contribution >= 4 is 5.78 Å². The maximum absolute atomic E-state index is 12.4. The monoisotopic (exact) mass is 310 g/mol. The normalized spacial score (nSPS) is 14.4. The predicted octanol–water partition coefficient (Wildman–Crippen LogP) is 4.44. The molecular formula is C20H22O3. The summed E-state index contributed by atoms with van der Waals surface area (Å²) in [5.41, 5.74) is 1.88. The van der Waals surface area contributed by atoms with E-state index in [4.69, 9.17) is 9.47 Å². The number of benzene rings is 2. The lowest BCUT2D eigenvalue weighted by molar-refractivity contribution is 0.0982. The molecule has 0 aliphatic carbocycles. The highest BCUT2D eigenvalue weighted by atomic mass is 16.5. The van der Waals surface area contributed by atoms with Gasteiger partial charge in [0.15, 0.2) is 17.3 Å². The van der Waals surface area contributed by atoms with E-state index in [0.29, 0.717) is 30.9 Å². The molecule has 3 rings (SSSR count). The van der Waals surface area contributed by atoms with Gasteiger partial charge in [0.25, 0.3) is 0 Å². The largest absolute Gasteiger partial charge is 0.490 e. The number of hydrogen-bond acceptors (Lipinski definition) is 3. The van der Waals surface area contributed by atoms with Gasteiger partial charge in [0, 0.05) is 12.0 Å². The second-order valence-electron chi connectivity index (χ2n) is 5.83. The van der Waals surface area contributed by atoms with E-state index in [9.17, 15) is 4.79 Å². The zero-order chi connectivity index (χ0) is 15.9. The Labute approximate surface area is 137 Å². The molecule has 1 heterocycles. The molecule has 0 saturated carbocycles. The van der Waals surface area contributed by atoms with Crippen molar-refractivity contribution in [2.75, 3.05) is 13.2 Å². The number of carbonyl (C=O) groups excluding carboxylic acids is 1. The van der Waals surface area contributed by atoms with E-state index in [1.54, 1.807) is 0 Å². The van der Waals surface area contributed by atoms with Crippen LogP contribution in [-0.4, -0.2) is 19.0 Å². The van der Waals surface area contributed by atoms with Gasteiger partial charge in [-0.1, -0.05) is 30.3 Å². The highest BCUT2D eigenvalue weighted by Crippen LogP contribution is 2.30. The second-order valence-corrected chi connectivity index (χ2v) is 5.83. The maximum atomic E-state index is 12.4. The van der Waals surface area contributed by atoms with E-state index in [2.05, 4.69) is 0 Å². The molecule has 23 heavy (non-hydrogen) atoms. The fourth-order valence-electron chi connectivity index (χ4n) is 2.71. The standard InChI is InChI=1S/C20H22O3/c21-18(11-9-16-7-3-1-4-8-16)17-10-12-19-20(15-17)23-14-6-2-5-13-22-19/h1,3-4,7-8,10,12,15H,2,5-6,9,11,13-14H2. The first kappa shape index (κ1) is 15.6. The van der Waals surface area contributed by atoms with Gasteiger partial charge in [-0.05, 0) is 49.4 Å². The Balaban J connectivity index is 1.68. The molecule has 0 bridgehead atoms. The summed E-state index contributed by atoms with van der Waals surface area (Å²) in [6, 6.07) is 15.6. The number of Topliss-reactive ketones (excluding diaryl/α,β-unsaturated/α-hetero) is 1. The van der Waals surface area contributed by atoms with E-state index >= 15 is 0 Å². The lowest BCUT2D eigenvalue weighted by Crippen LogP contribution is -2.04. The number of ketones is 1. The molecule has 2 aromatic carbocycles. The van der Waals surface area contributed by atoms with Crippen molar-refractivity contribution in [3.8, 4) is 11.5 Å². The molecular weight excluding hydrogens is 288 g/mol. The summed E-state index contributed by atoms with van der Waals surface area (Å²) >= 11 is 0. The van der Waals surface area contributed by atoms with Gasteiger partial charge in [-0.25, -0.2) is 0 Å². The molecule has 2 aromatic rings. The molecule has 0 N–H and O–H groups in total. The summed E-state index contributed by atoms with van der Waals surface area (Å²) in [5, 5.41) is 0. The molecule has 1 aliphatic rings.